The van der Waals surface area contributed by atoms with Crippen LogP contribution in [0.4, 0.5) is 14.5 Å². The van der Waals surface area contributed by atoms with Crippen LogP contribution < -0.4 is 14.8 Å². The number of hydrogen-bond acceptors (Lipinski definition) is 3. The lowest BCUT2D eigenvalue weighted by Gasteiger charge is -2.14. The number of ether oxygens (including phenoxy) is 2. The van der Waals surface area contributed by atoms with Crippen LogP contribution in [0.3, 0.4) is 0 Å². The van der Waals surface area contributed by atoms with E-state index in [-0.39, 0.29) is 11.3 Å². The molecule has 0 atom stereocenters. The smallest absolute Gasteiger partial charge is 0.387 e. The van der Waals surface area contributed by atoms with E-state index in [1.54, 1.807) is 54.6 Å². The summed E-state index contributed by atoms with van der Waals surface area (Å²) in [4.78, 5) is 12.6. The molecule has 3 aromatic carbocycles. The molecule has 0 aliphatic carbocycles. The molecule has 1 N–H and O–H groups in total. The normalized spacial score (nSPS) is 10.5. The highest BCUT2D eigenvalue weighted by atomic mass is 35.5. The summed E-state index contributed by atoms with van der Waals surface area (Å²) in [5, 5.41) is 3.06. The molecule has 0 aliphatic heterocycles. The van der Waals surface area contributed by atoms with Crippen molar-refractivity contribution in [1.29, 1.82) is 0 Å². The van der Waals surface area contributed by atoms with Crippen molar-refractivity contribution in [2.24, 2.45) is 0 Å². The van der Waals surface area contributed by atoms with Gasteiger partial charge in [-0.1, -0.05) is 48.0 Å². The fourth-order valence-electron chi connectivity index (χ4n) is 2.35. The van der Waals surface area contributed by atoms with Gasteiger partial charge in [-0.2, -0.15) is 8.78 Å². The molecule has 138 valence electrons. The zero-order valence-corrected chi connectivity index (χ0v) is 14.6. The minimum Gasteiger partial charge on any atom is -0.454 e. The van der Waals surface area contributed by atoms with Crippen LogP contribution in [0.2, 0.25) is 5.02 Å². The summed E-state index contributed by atoms with van der Waals surface area (Å²) in [6.45, 7) is -3.03. The third kappa shape index (κ3) is 4.74. The lowest BCUT2D eigenvalue weighted by Crippen LogP contribution is -2.15. The standard InChI is InChI=1S/C20H14ClF2NO3/c21-14-8-2-5-11-17(14)26-18-12-6-3-9-15(18)24-19(25)13-7-1-4-10-16(13)27-20(22)23/h1-12,20H,(H,24,25). The van der Waals surface area contributed by atoms with Crippen molar-refractivity contribution < 1.29 is 23.0 Å². The number of carbonyl (C=O) groups is 1. The Morgan fingerprint density at radius 1 is 0.852 bits per heavy atom. The molecule has 0 fully saturated rings. The summed E-state index contributed by atoms with van der Waals surface area (Å²) in [5.74, 6) is -0.0514. The Morgan fingerprint density at radius 3 is 2.15 bits per heavy atom. The van der Waals surface area contributed by atoms with Gasteiger partial charge in [-0.3, -0.25) is 4.79 Å². The maximum absolute atomic E-state index is 12.6. The van der Waals surface area contributed by atoms with E-state index < -0.39 is 12.5 Å². The Hall–Kier alpha value is -3.12. The van der Waals surface area contributed by atoms with Gasteiger partial charge in [0.1, 0.15) is 11.5 Å². The summed E-state index contributed by atoms with van der Waals surface area (Å²) in [7, 11) is 0. The summed E-state index contributed by atoms with van der Waals surface area (Å²) < 4.78 is 35.3. The molecule has 0 bridgehead atoms. The first-order valence-electron chi connectivity index (χ1n) is 7.91. The molecule has 0 saturated carbocycles. The molecule has 3 rings (SSSR count). The number of hydrogen-bond donors (Lipinski definition) is 1. The van der Waals surface area contributed by atoms with Gasteiger partial charge in [0, 0.05) is 0 Å². The van der Waals surface area contributed by atoms with Gasteiger partial charge in [0.25, 0.3) is 5.91 Å². The fourth-order valence-corrected chi connectivity index (χ4v) is 2.52. The molecule has 3 aromatic rings. The van der Waals surface area contributed by atoms with Gasteiger partial charge in [0.2, 0.25) is 0 Å². The van der Waals surface area contributed by atoms with Crippen molar-refractivity contribution in [2.45, 2.75) is 6.61 Å². The van der Waals surface area contributed by atoms with E-state index in [0.717, 1.165) is 0 Å². The van der Waals surface area contributed by atoms with Crippen LogP contribution in [0.25, 0.3) is 0 Å². The Balaban J connectivity index is 1.85. The van der Waals surface area contributed by atoms with Gasteiger partial charge in [-0.25, -0.2) is 0 Å². The van der Waals surface area contributed by atoms with Crippen LogP contribution in [-0.2, 0) is 0 Å². The second-order valence-electron chi connectivity index (χ2n) is 5.36. The molecule has 0 aromatic heterocycles. The maximum Gasteiger partial charge on any atom is 0.387 e. The lowest BCUT2D eigenvalue weighted by molar-refractivity contribution is -0.0501. The molecule has 0 radical (unpaired) electrons. The highest BCUT2D eigenvalue weighted by Crippen LogP contribution is 2.34. The van der Waals surface area contributed by atoms with Crippen molar-refractivity contribution in [3.05, 3.63) is 83.4 Å². The largest absolute Gasteiger partial charge is 0.454 e. The van der Waals surface area contributed by atoms with E-state index in [1.807, 2.05) is 0 Å². The number of amides is 1. The third-order valence-electron chi connectivity index (χ3n) is 3.54. The van der Waals surface area contributed by atoms with Gasteiger partial charge in [0.15, 0.2) is 5.75 Å². The summed E-state index contributed by atoms with van der Waals surface area (Å²) in [5.41, 5.74) is 0.333. The molecule has 0 heterocycles. The molecule has 7 heteroatoms. The number of carbonyl (C=O) groups excluding carboxylic acids is 1. The monoisotopic (exact) mass is 389 g/mol. The zero-order valence-electron chi connectivity index (χ0n) is 13.9. The van der Waals surface area contributed by atoms with Crippen molar-refractivity contribution >= 4 is 23.2 Å². The Bertz CT molecular complexity index is 950. The molecular weight excluding hydrogens is 376 g/mol. The topological polar surface area (TPSA) is 47.6 Å². The Labute approximate surface area is 159 Å². The van der Waals surface area contributed by atoms with E-state index in [2.05, 4.69) is 10.1 Å². The summed E-state index contributed by atoms with van der Waals surface area (Å²) in [6.07, 6.45) is 0. The molecule has 1 amide bonds. The van der Waals surface area contributed by atoms with E-state index >= 15 is 0 Å². The maximum atomic E-state index is 12.6. The second-order valence-corrected chi connectivity index (χ2v) is 5.76. The highest BCUT2D eigenvalue weighted by molar-refractivity contribution is 6.32. The lowest BCUT2D eigenvalue weighted by atomic mass is 10.2. The quantitative estimate of drug-likeness (QED) is 0.563. The van der Waals surface area contributed by atoms with Crippen LogP contribution in [0.1, 0.15) is 10.4 Å². The molecule has 0 unspecified atom stereocenters. The van der Waals surface area contributed by atoms with Crippen LogP contribution in [0, 0.1) is 0 Å². The van der Waals surface area contributed by atoms with E-state index in [9.17, 15) is 13.6 Å². The number of rotatable bonds is 6. The average Bonchev–Trinajstić information content (AvgIpc) is 2.65. The first kappa shape index (κ1) is 18.7. The van der Waals surface area contributed by atoms with Crippen molar-refractivity contribution in [2.75, 3.05) is 5.32 Å². The number of anilines is 1. The van der Waals surface area contributed by atoms with Gasteiger partial charge in [0.05, 0.1) is 16.3 Å². The van der Waals surface area contributed by atoms with Gasteiger partial charge in [-0.15, -0.1) is 0 Å². The summed E-state index contributed by atoms with van der Waals surface area (Å²) in [6, 6.07) is 19.4. The Kier molecular flexibility index (Phi) is 5.88. The molecular formula is C20H14ClF2NO3. The molecule has 0 saturated heterocycles. The van der Waals surface area contributed by atoms with E-state index in [1.165, 1.54) is 18.2 Å². The number of alkyl halides is 2. The third-order valence-corrected chi connectivity index (χ3v) is 3.85. The average molecular weight is 390 g/mol. The van der Waals surface area contributed by atoms with E-state index in [0.29, 0.717) is 22.2 Å². The van der Waals surface area contributed by atoms with Crippen LogP contribution in [0.15, 0.2) is 72.8 Å². The molecule has 27 heavy (non-hydrogen) atoms. The van der Waals surface area contributed by atoms with E-state index in [4.69, 9.17) is 16.3 Å². The summed E-state index contributed by atoms with van der Waals surface area (Å²) >= 11 is 6.10. The minimum atomic E-state index is -3.03. The fraction of sp³-hybridized carbons (Fsp3) is 0.0500. The molecule has 0 spiro atoms. The van der Waals surface area contributed by atoms with Crippen LogP contribution >= 0.6 is 11.6 Å². The van der Waals surface area contributed by atoms with Crippen LogP contribution in [0.5, 0.6) is 17.2 Å². The second kappa shape index (κ2) is 8.51. The molecule has 0 aliphatic rings. The SMILES string of the molecule is O=C(Nc1ccccc1Oc1ccccc1Cl)c1ccccc1OC(F)F. The van der Waals surface area contributed by atoms with Crippen molar-refractivity contribution in [3.8, 4) is 17.2 Å². The first-order chi connectivity index (χ1) is 13.0. The Morgan fingerprint density at radius 2 is 1.44 bits per heavy atom. The number of halogens is 3. The van der Waals surface area contributed by atoms with Gasteiger partial charge >= 0.3 is 6.61 Å². The van der Waals surface area contributed by atoms with Crippen molar-refractivity contribution in [3.63, 3.8) is 0 Å². The highest BCUT2D eigenvalue weighted by Gasteiger charge is 2.17. The number of para-hydroxylation sites is 4. The predicted octanol–water partition coefficient (Wildman–Crippen LogP) is 5.99. The van der Waals surface area contributed by atoms with Gasteiger partial charge < -0.3 is 14.8 Å². The van der Waals surface area contributed by atoms with Crippen LogP contribution in [-0.4, -0.2) is 12.5 Å². The zero-order chi connectivity index (χ0) is 19.2. The minimum absolute atomic E-state index is 0.0228. The molecule has 4 nitrogen and oxygen atoms in total. The number of benzene rings is 3. The van der Waals surface area contributed by atoms with Crippen molar-refractivity contribution in [1.82, 2.24) is 0 Å². The van der Waals surface area contributed by atoms with Gasteiger partial charge in [-0.05, 0) is 36.4 Å². The number of nitrogens with one attached hydrogen (secondary N) is 1. The predicted molar refractivity (Wildman–Crippen MR) is 99.0 cm³/mol. The first-order valence-corrected chi connectivity index (χ1v) is 8.29.